The number of nitrogens with two attached hydrogens (primary N) is 1. The van der Waals surface area contributed by atoms with Gasteiger partial charge in [-0.05, 0) is 43.9 Å². The molecule has 0 amide bonds. The van der Waals surface area contributed by atoms with E-state index in [4.69, 9.17) is 17.3 Å². The molecule has 0 unspecified atom stereocenters. The zero-order valence-corrected chi connectivity index (χ0v) is 11.1. The highest BCUT2D eigenvalue weighted by molar-refractivity contribution is 6.32. The van der Waals surface area contributed by atoms with E-state index in [-0.39, 0.29) is 5.54 Å². The molecule has 0 spiro atoms. The van der Waals surface area contributed by atoms with Crippen molar-refractivity contribution in [2.75, 3.05) is 0 Å². The van der Waals surface area contributed by atoms with Crippen molar-refractivity contribution in [3.8, 4) is 5.69 Å². The fraction of sp³-hybridized carbons (Fsp3) is 0.357. The molecule has 0 saturated heterocycles. The minimum atomic E-state index is 0.0236. The molecule has 0 bridgehead atoms. The molecule has 1 fully saturated rings. The van der Waals surface area contributed by atoms with Gasteiger partial charge >= 0.3 is 0 Å². The molecule has 18 heavy (non-hydrogen) atoms. The van der Waals surface area contributed by atoms with E-state index in [2.05, 4.69) is 11.1 Å². The van der Waals surface area contributed by atoms with E-state index < -0.39 is 0 Å². The van der Waals surface area contributed by atoms with Gasteiger partial charge in [-0.15, -0.1) is 0 Å². The Morgan fingerprint density at radius 1 is 1.44 bits per heavy atom. The first-order chi connectivity index (χ1) is 8.57. The number of rotatable bonds is 3. The van der Waals surface area contributed by atoms with Gasteiger partial charge in [-0.2, -0.15) is 0 Å². The van der Waals surface area contributed by atoms with Crippen LogP contribution in [0.25, 0.3) is 5.69 Å². The second kappa shape index (κ2) is 4.11. The Morgan fingerprint density at radius 2 is 2.22 bits per heavy atom. The SMILES string of the molecule is Cc1nccn1-c1ccc(CC2(N)CC2)cc1Cl. The van der Waals surface area contributed by atoms with Crippen molar-refractivity contribution in [3.63, 3.8) is 0 Å². The first-order valence-corrected chi connectivity index (χ1v) is 6.53. The predicted molar refractivity (Wildman–Crippen MR) is 73.2 cm³/mol. The topological polar surface area (TPSA) is 43.8 Å². The lowest BCUT2D eigenvalue weighted by Gasteiger charge is -2.12. The zero-order chi connectivity index (χ0) is 12.8. The molecule has 4 heteroatoms. The van der Waals surface area contributed by atoms with Crippen LogP contribution in [-0.2, 0) is 6.42 Å². The third-order valence-electron chi connectivity index (χ3n) is 3.55. The molecule has 0 radical (unpaired) electrons. The average Bonchev–Trinajstić information content (AvgIpc) is 2.87. The summed E-state index contributed by atoms with van der Waals surface area (Å²) in [5.41, 5.74) is 8.33. The summed E-state index contributed by atoms with van der Waals surface area (Å²) in [4.78, 5) is 4.21. The largest absolute Gasteiger partial charge is 0.325 e. The van der Waals surface area contributed by atoms with Crippen molar-refractivity contribution >= 4 is 11.6 Å². The highest BCUT2D eigenvalue weighted by Crippen LogP contribution is 2.36. The quantitative estimate of drug-likeness (QED) is 0.923. The minimum absolute atomic E-state index is 0.0236. The molecule has 2 N–H and O–H groups in total. The summed E-state index contributed by atoms with van der Waals surface area (Å²) in [6.45, 7) is 1.96. The highest BCUT2D eigenvalue weighted by atomic mass is 35.5. The maximum Gasteiger partial charge on any atom is 0.110 e. The van der Waals surface area contributed by atoms with Crippen molar-refractivity contribution in [2.24, 2.45) is 5.73 Å². The number of hydrogen-bond donors (Lipinski definition) is 1. The molecular weight excluding hydrogens is 246 g/mol. The summed E-state index contributed by atoms with van der Waals surface area (Å²) in [6, 6.07) is 6.16. The van der Waals surface area contributed by atoms with Gasteiger partial charge in [0.1, 0.15) is 5.82 Å². The van der Waals surface area contributed by atoms with Crippen LogP contribution in [0.4, 0.5) is 0 Å². The zero-order valence-electron chi connectivity index (χ0n) is 10.4. The van der Waals surface area contributed by atoms with Crippen LogP contribution in [0.3, 0.4) is 0 Å². The fourth-order valence-electron chi connectivity index (χ4n) is 2.23. The monoisotopic (exact) mass is 261 g/mol. The summed E-state index contributed by atoms with van der Waals surface area (Å²) < 4.78 is 1.99. The second-order valence-corrected chi connectivity index (χ2v) is 5.58. The Kier molecular flexibility index (Phi) is 2.68. The Labute approximate surface area is 112 Å². The molecule has 1 heterocycles. The van der Waals surface area contributed by atoms with Gasteiger partial charge in [0.05, 0.1) is 10.7 Å². The van der Waals surface area contributed by atoms with E-state index in [0.717, 1.165) is 35.8 Å². The standard InChI is InChI=1S/C14H16ClN3/c1-10-17-6-7-18(10)13-3-2-11(8-12(13)15)9-14(16)4-5-14/h2-3,6-8H,4-5,9,16H2,1H3. The van der Waals surface area contributed by atoms with Gasteiger partial charge < -0.3 is 10.3 Å². The van der Waals surface area contributed by atoms with Crippen LogP contribution in [0.5, 0.6) is 0 Å². The summed E-state index contributed by atoms with van der Waals surface area (Å²) in [7, 11) is 0. The van der Waals surface area contributed by atoms with Gasteiger partial charge in [0.2, 0.25) is 0 Å². The Morgan fingerprint density at radius 3 is 2.78 bits per heavy atom. The number of hydrogen-bond acceptors (Lipinski definition) is 2. The number of nitrogens with zero attached hydrogens (tertiary/aromatic N) is 2. The van der Waals surface area contributed by atoms with Crippen LogP contribution in [0, 0.1) is 6.92 Å². The molecular formula is C14H16ClN3. The van der Waals surface area contributed by atoms with Crippen molar-refractivity contribution in [3.05, 3.63) is 47.0 Å². The van der Waals surface area contributed by atoms with Crippen LogP contribution in [0.2, 0.25) is 5.02 Å². The number of benzene rings is 1. The van der Waals surface area contributed by atoms with Crippen molar-refractivity contribution in [1.82, 2.24) is 9.55 Å². The summed E-state index contributed by atoms with van der Waals surface area (Å²) in [5.74, 6) is 0.933. The number of aryl methyl sites for hydroxylation is 1. The summed E-state index contributed by atoms with van der Waals surface area (Å²) in [6.07, 6.45) is 6.84. The third kappa shape index (κ3) is 2.16. The Hall–Kier alpha value is -1.32. The molecule has 0 atom stereocenters. The summed E-state index contributed by atoms with van der Waals surface area (Å²) >= 11 is 6.35. The molecule has 1 aromatic heterocycles. The molecule has 3 rings (SSSR count). The third-order valence-corrected chi connectivity index (χ3v) is 3.85. The maximum atomic E-state index is 6.35. The van der Waals surface area contributed by atoms with E-state index in [9.17, 15) is 0 Å². The van der Waals surface area contributed by atoms with Gasteiger partial charge in [-0.25, -0.2) is 4.98 Å². The van der Waals surface area contributed by atoms with Gasteiger partial charge in [-0.3, -0.25) is 0 Å². The molecule has 1 aliphatic carbocycles. The van der Waals surface area contributed by atoms with Crippen molar-refractivity contribution in [2.45, 2.75) is 31.7 Å². The van der Waals surface area contributed by atoms with E-state index in [1.54, 1.807) is 6.20 Å². The Balaban J connectivity index is 1.92. The van der Waals surface area contributed by atoms with Crippen molar-refractivity contribution in [1.29, 1.82) is 0 Å². The van der Waals surface area contributed by atoms with Crippen LogP contribution >= 0.6 is 11.6 Å². The van der Waals surface area contributed by atoms with Gasteiger partial charge in [-0.1, -0.05) is 17.7 Å². The predicted octanol–water partition coefficient (Wildman–Crippen LogP) is 2.87. The molecule has 2 aromatic rings. The molecule has 1 aromatic carbocycles. The van der Waals surface area contributed by atoms with Gasteiger partial charge in [0, 0.05) is 17.9 Å². The van der Waals surface area contributed by atoms with E-state index >= 15 is 0 Å². The molecule has 3 nitrogen and oxygen atoms in total. The average molecular weight is 262 g/mol. The van der Waals surface area contributed by atoms with Crippen LogP contribution in [0.15, 0.2) is 30.6 Å². The summed E-state index contributed by atoms with van der Waals surface area (Å²) in [5, 5.41) is 0.748. The fourth-order valence-corrected chi connectivity index (χ4v) is 2.53. The van der Waals surface area contributed by atoms with Crippen molar-refractivity contribution < 1.29 is 0 Å². The minimum Gasteiger partial charge on any atom is -0.325 e. The maximum absolute atomic E-state index is 6.35. The first-order valence-electron chi connectivity index (χ1n) is 6.15. The lowest BCUT2D eigenvalue weighted by molar-refractivity contribution is 0.672. The number of aromatic nitrogens is 2. The molecule has 0 aliphatic heterocycles. The second-order valence-electron chi connectivity index (χ2n) is 5.17. The normalized spacial score (nSPS) is 16.8. The smallest absolute Gasteiger partial charge is 0.110 e. The Bertz CT molecular complexity index is 584. The molecule has 94 valence electrons. The lowest BCUT2D eigenvalue weighted by atomic mass is 10.0. The molecule has 1 saturated carbocycles. The lowest BCUT2D eigenvalue weighted by Crippen LogP contribution is -2.24. The van der Waals surface area contributed by atoms with Crippen LogP contribution in [0.1, 0.15) is 24.2 Å². The molecule has 1 aliphatic rings. The van der Waals surface area contributed by atoms with E-state index in [1.165, 1.54) is 5.56 Å². The highest BCUT2D eigenvalue weighted by Gasteiger charge is 2.37. The number of halogens is 1. The van der Waals surface area contributed by atoms with Gasteiger partial charge in [0.15, 0.2) is 0 Å². The van der Waals surface area contributed by atoms with Gasteiger partial charge in [0.25, 0.3) is 0 Å². The van der Waals surface area contributed by atoms with E-state index in [1.807, 2.05) is 29.8 Å². The number of imidazole rings is 1. The van der Waals surface area contributed by atoms with Crippen LogP contribution in [-0.4, -0.2) is 15.1 Å². The first kappa shape index (κ1) is 11.8. The van der Waals surface area contributed by atoms with E-state index in [0.29, 0.717) is 0 Å². The van der Waals surface area contributed by atoms with Crippen LogP contribution < -0.4 is 5.73 Å².